The van der Waals surface area contributed by atoms with E-state index in [1.54, 1.807) is 18.2 Å². The molecule has 0 radical (unpaired) electrons. The molecule has 0 aliphatic rings. The summed E-state index contributed by atoms with van der Waals surface area (Å²) in [6, 6.07) is 16.6. The van der Waals surface area contributed by atoms with E-state index < -0.39 is 17.7 Å². The Morgan fingerprint density at radius 3 is 2.48 bits per heavy atom. The Labute approximate surface area is 182 Å². The molecular weight excluding hydrogens is 424 g/mol. The summed E-state index contributed by atoms with van der Waals surface area (Å²) in [4.78, 5) is 0. The van der Waals surface area contributed by atoms with Gasteiger partial charge in [-0.1, -0.05) is 23.7 Å². The zero-order valence-electron chi connectivity index (χ0n) is 16.5. The molecule has 0 aliphatic carbocycles. The normalized spacial score (nSPS) is 11.9. The highest BCUT2D eigenvalue weighted by Gasteiger charge is 2.24. The van der Waals surface area contributed by atoms with Crippen LogP contribution in [0.4, 0.5) is 14.5 Å². The zero-order valence-corrected chi connectivity index (χ0v) is 17.2. The quantitative estimate of drug-likeness (QED) is 0.366. The largest absolute Gasteiger partial charge is 0.494 e. The van der Waals surface area contributed by atoms with Crippen LogP contribution in [0.3, 0.4) is 0 Å². The molecule has 0 fully saturated rings. The molecule has 31 heavy (non-hydrogen) atoms. The third-order valence-corrected chi connectivity index (χ3v) is 4.84. The van der Waals surface area contributed by atoms with Gasteiger partial charge in [0.2, 0.25) is 11.8 Å². The molecule has 1 N–H and O–H groups in total. The van der Waals surface area contributed by atoms with Gasteiger partial charge < -0.3 is 14.5 Å². The summed E-state index contributed by atoms with van der Waals surface area (Å²) in [6.45, 7) is 2.47. The Bertz CT molecular complexity index is 1180. The maximum absolute atomic E-state index is 13.6. The van der Waals surface area contributed by atoms with E-state index in [1.807, 2.05) is 31.2 Å². The van der Waals surface area contributed by atoms with Crippen LogP contribution >= 0.6 is 11.6 Å². The minimum Gasteiger partial charge on any atom is -0.494 e. The van der Waals surface area contributed by atoms with Crippen molar-refractivity contribution in [2.24, 2.45) is 0 Å². The van der Waals surface area contributed by atoms with Crippen LogP contribution in [0.5, 0.6) is 5.75 Å². The van der Waals surface area contributed by atoms with Gasteiger partial charge in [-0.15, -0.1) is 10.2 Å². The first-order valence-electron chi connectivity index (χ1n) is 9.57. The van der Waals surface area contributed by atoms with Gasteiger partial charge in [0.1, 0.15) is 23.4 Å². The van der Waals surface area contributed by atoms with Crippen molar-refractivity contribution in [3.05, 3.63) is 94.8 Å². The minimum atomic E-state index is -0.666. The first-order valence-corrected chi connectivity index (χ1v) is 9.95. The van der Waals surface area contributed by atoms with Crippen LogP contribution in [-0.2, 0) is 0 Å². The Kier molecular flexibility index (Phi) is 6.13. The standard InChI is InChI=1S/C23H18ClF2N3O2/c1-2-30-18-9-7-17(8-10-18)27-21(19-11-6-16(26)13-20(19)24)23-29-28-22(31-23)14-4-3-5-15(25)12-14/h3-13,21,27H,2H2,1H3/t21-/m0/s1. The lowest BCUT2D eigenvalue weighted by atomic mass is 10.1. The predicted octanol–water partition coefficient (Wildman–Crippen LogP) is 6.27. The second-order valence-corrected chi connectivity index (χ2v) is 7.06. The fraction of sp³-hybridized carbons (Fsp3) is 0.130. The summed E-state index contributed by atoms with van der Waals surface area (Å²) in [5.74, 6) is 0.214. The van der Waals surface area contributed by atoms with Crippen molar-refractivity contribution in [1.82, 2.24) is 10.2 Å². The summed E-state index contributed by atoms with van der Waals surface area (Å²) in [5, 5.41) is 11.7. The molecule has 8 heteroatoms. The highest BCUT2D eigenvalue weighted by atomic mass is 35.5. The summed E-state index contributed by atoms with van der Waals surface area (Å²) in [6.07, 6.45) is 0. The van der Waals surface area contributed by atoms with Crippen molar-refractivity contribution >= 4 is 17.3 Å². The summed E-state index contributed by atoms with van der Waals surface area (Å²) in [7, 11) is 0. The van der Waals surface area contributed by atoms with Gasteiger partial charge >= 0.3 is 0 Å². The molecule has 0 unspecified atom stereocenters. The second kappa shape index (κ2) is 9.14. The maximum Gasteiger partial charge on any atom is 0.247 e. The number of ether oxygens (including phenoxy) is 1. The first kappa shape index (κ1) is 20.8. The lowest BCUT2D eigenvalue weighted by Gasteiger charge is -2.18. The SMILES string of the molecule is CCOc1ccc(N[C@H](c2nnc(-c3cccc(F)c3)o2)c2ccc(F)cc2Cl)cc1. The predicted molar refractivity (Wildman–Crippen MR) is 114 cm³/mol. The van der Waals surface area contributed by atoms with E-state index in [4.69, 9.17) is 20.8 Å². The topological polar surface area (TPSA) is 60.2 Å². The van der Waals surface area contributed by atoms with Crippen molar-refractivity contribution in [2.45, 2.75) is 13.0 Å². The Balaban J connectivity index is 1.70. The lowest BCUT2D eigenvalue weighted by Crippen LogP contribution is -2.13. The average molecular weight is 442 g/mol. The third kappa shape index (κ3) is 4.83. The van der Waals surface area contributed by atoms with Gasteiger partial charge in [-0.25, -0.2) is 8.78 Å². The fourth-order valence-corrected chi connectivity index (χ4v) is 3.35. The number of hydrogen-bond acceptors (Lipinski definition) is 5. The number of hydrogen-bond donors (Lipinski definition) is 1. The molecule has 0 bridgehead atoms. The molecule has 5 nitrogen and oxygen atoms in total. The molecule has 0 aliphatic heterocycles. The molecule has 158 valence electrons. The van der Waals surface area contributed by atoms with Crippen LogP contribution in [0.2, 0.25) is 5.02 Å². The molecule has 0 spiro atoms. The fourth-order valence-electron chi connectivity index (χ4n) is 3.08. The number of rotatable bonds is 7. The zero-order chi connectivity index (χ0) is 21.8. The molecule has 1 aromatic heterocycles. The molecular formula is C23H18ClF2N3O2. The van der Waals surface area contributed by atoms with E-state index in [-0.39, 0.29) is 16.8 Å². The summed E-state index contributed by atoms with van der Waals surface area (Å²) < 4.78 is 38.5. The van der Waals surface area contributed by atoms with Gasteiger partial charge in [-0.2, -0.15) is 0 Å². The second-order valence-electron chi connectivity index (χ2n) is 6.66. The van der Waals surface area contributed by atoms with Crippen molar-refractivity contribution in [3.63, 3.8) is 0 Å². The Morgan fingerprint density at radius 2 is 1.77 bits per heavy atom. The van der Waals surface area contributed by atoms with Gasteiger partial charge in [-0.05, 0) is 61.5 Å². The molecule has 0 saturated heterocycles. The van der Waals surface area contributed by atoms with Gasteiger partial charge in [0, 0.05) is 21.8 Å². The van der Waals surface area contributed by atoms with E-state index >= 15 is 0 Å². The molecule has 0 saturated carbocycles. The van der Waals surface area contributed by atoms with Crippen molar-refractivity contribution in [1.29, 1.82) is 0 Å². The number of anilines is 1. The molecule has 1 heterocycles. The van der Waals surface area contributed by atoms with Gasteiger partial charge in [0.05, 0.1) is 6.61 Å². The Morgan fingerprint density at radius 1 is 1.00 bits per heavy atom. The molecule has 4 aromatic rings. The number of aromatic nitrogens is 2. The van der Waals surface area contributed by atoms with Crippen molar-refractivity contribution in [2.75, 3.05) is 11.9 Å². The summed E-state index contributed by atoms with van der Waals surface area (Å²) in [5.41, 5.74) is 1.73. The van der Waals surface area contributed by atoms with E-state index in [0.717, 1.165) is 11.4 Å². The lowest BCUT2D eigenvalue weighted by molar-refractivity contribution is 0.340. The maximum atomic E-state index is 13.6. The van der Waals surface area contributed by atoms with E-state index in [1.165, 1.54) is 24.3 Å². The summed E-state index contributed by atoms with van der Waals surface area (Å²) >= 11 is 6.31. The van der Waals surface area contributed by atoms with Crippen molar-refractivity contribution < 1.29 is 17.9 Å². The van der Waals surface area contributed by atoms with E-state index in [9.17, 15) is 8.78 Å². The van der Waals surface area contributed by atoms with Crippen LogP contribution in [0.1, 0.15) is 24.4 Å². The number of nitrogens with zero attached hydrogens (tertiary/aromatic N) is 2. The number of benzene rings is 3. The average Bonchev–Trinajstić information content (AvgIpc) is 3.24. The van der Waals surface area contributed by atoms with Crippen LogP contribution in [0.15, 0.2) is 71.1 Å². The van der Waals surface area contributed by atoms with Gasteiger partial charge in [0.15, 0.2) is 0 Å². The monoisotopic (exact) mass is 441 g/mol. The molecule has 1 atom stereocenters. The van der Waals surface area contributed by atoms with Crippen LogP contribution in [-0.4, -0.2) is 16.8 Å². The van der Waals surface area contributed by atoms with E-state index in [0.29, 0.717) is 17.7 Å². The van der Waals surface area contributed by atoms with Crippen LogP contribution in [0.25, 0.3) is 11.5 Å². The molecule has 4 rings (SSSR count). The smallest absolute Gasteiger partial charge is 0.247 e. The van der Waals surface area contributed by atoms with E-state index in [2.05, 4.69) is 15.5 Å². The Hall–Kier alpha value is -3.45. The van der Waals surface area contributed by atoms with Gasteiger partial charge in [0.25, 0.3) is 0 Å². The highest BCUT2D eigenvalue weighted by molar-refractivity contribution is 6.31. The van der Waals surface area contributed by atoms with Crippen LogP contribution < -0.4 is 10.1 Å². The first-order chi connectivity index (χ1) is 15.0. The molecule has 0 amide bonds. The minimum absolute atomic E-state index is 0.159. The number of nitrogens with one attached hydrogen (secondary N) is 1. The number of halogens is 3. The highest BCUT2D eigenvalue weighted by Crippen LogP contribution is 2.33. The molecule has 3 aromatic carbocycles. The van der Waals surface area contributed by atoms with Crippen LogP contribution in [0, 0.1) is 11.6 Å². The third-order valence-electron chi connectivity index (χ3n) is 4.51. The van der Waals surface area contributed by atoms with Crippen molar-refractivity contribution in [3.8, 4) is 17.2 Å². The van der Waals surface area contributed by atoms with Gasteiger partial charge in [-0.3, -0.25) is 0 Å².